The van der Waals surface area contributed by atoms with Gasteiger partial charge in [0.1, 0.15) is 17.7 Å². The third-order valence-electron chi connectivity index (χ3n) is 7.14. The Labute approximate surface area is 244 Å². The number of carbonyl (C=O) groups is 3. The van der Waals surface area contributed by atoms with Gasteiger partial charge in [0.25, 0.3) is 5.91 Å². The van der Waals surface area contributed by atoms with E-state index in [9.17, 15) is 14.4 Å². The minimum Gasteiger partial charge on any atom is -0.444 e. The molecule has 0 radical (unpaired) electrons. The summed E-state index contributed by atoms with van der Waals surface area (Å²) in [5, 5.41) is 6.28. The largest absolute Gasteiger partial charge is 0.444 e. The molecule has 0 aliphatic heterocycles. The zero-order chi connectivity index (χ0) is 29.8. The molecule has 2 aromatic carbocycles. The molecule has 2 N–H and O–H groups in total. The van der Waals surface area contributed by atoms with Gasteiger partial charge < -0.3 is 20.3 Å². The number of benzene rings is 2. The smallest absolute Gasteiger partial charge is 0.408 e. The number of ether oxygens (including phenoxy) is 1. The zero-order valence-electron chi connectivity index (χ0n) is 25.1. The molecule has 40 heavy (non-hydrogen) atoms. The Balaban J connectivity index is 2.09. The van der Waals surface area contributed by atoms with Gasteiger partial charge in [0.15, 0.2) is 0 Å². The van der Waals surface area contributed by atoms with Crippen LogP contribution in [0.15, 0.2) is 36.4 Å². The van der Waals surface area contributed by atoms with Crippen LogP contribution in [0.1, 0.15) is 88.6 Å². The van der Waals surface area contributed by atoms with Gasteiger partial charge in [-0.2, -0.15) is 0 Å². The monoisotopic (exact) mass is 569 g/mol. The zero-order valence-corrected chi connectivity index (χ0v) is 25.8. The topological polar surface area (TPSA) is 87.7 Å². The van der Waals surface area contributed by atoms with Crippen LogP contribution in [0, 0.1) is 26.7 Å². The maximum Gasteiger partial charge on any atom is 0.408 e. The lowest BCUT2D eigenvalue weighted by Gasteiger charge is -2.44. The van der Waals surface area contributed by atoms with E-state index >= 15 is 0 Å². The fraction of sp³-hybridized carbons (Fsp3) is 0.531. The van der Waals surface area contributed by atoms with Crippen LogP contribution in [0.4, 0.5) is 10.5 Å². The Morgan fingerprint density at radius 3 is 2.25 bits per heavy atom. The lowest BCUT2D eigenvalue weighted by Crippen LogP contribution is -2.57. The van der Waals surface area contributed by atoms with Crippen LogP contribution in [0.2, 0.25) is 5.02 Å². The molecular weight excluding hydrogens is 526 g/mol. The molecule has 2 unspecified atom stereocenters. The molecule has 0 bridgehead atoms. The van der Waals surface area contributed by atoms with Crippen molar-refractivity contribution in [1.29, 1.82) is 0 Å². The van der Waals surface area contributed by atoms with Crippen LogP contribution >= 0.6 is 11.6 Å². The summed E-state index contributed by atoms with van der Waals surface area (Å²) in [6, 6.07) is 9.45. The van der Waals surface area contributed by atoms with Crippen molar-refractivity contribution in [3.05, 3.63) is 63.7 Å². The maximum atomic E-state index is 14.4. The molecule has 7 nitrogen and oxygen atoms in total. The normalized spacial score (nSPS) is 15.2. The molecule has 1 fully saturated rings. The first-order valence-electron chi connectivity index (χ1n) is 14.1. The second-order valence-electron chi connectivity index (χ2n) is 12.3. The fourth-order valence-electron chi connectivity index (χ4n) is 5.04. The number of nitrogens with zero attached hydrogens (tertiary/aromatic N) is 1. The number of amides is 3. The van der Waals surface area contributed by atoms with Crippen molar-refractivity contribution < 1.29 is 19.1 Å². The SMILES string of the molecule is Cc1ccc(C(C(=O)Nc2c(C)cccc2Cl)N(C(=O)C(CC(C)C)NC(=O)OC(C)(C)C)C2CCC2)c(C)c1. The average molecular weight is 570 g/mol. The van der Waals surface area contributed by atoms with E-state index in [4.69, 9.17) is 16.3 Å². The van der Waals surface area contributed by atoms with Crippen molar-refractivity contribution in [2.24, 2.45) is 5.92 Å². The van der Waals surface area contributed by atoms with Crippen LogP contribution in [-0.2, 0) is 14.3 Å². The second kappa shape index (κ2) is 13.1. The second-order valence-corrected chi connectivity index (χ2v) is 12.7. The fourth-order valence-corrected chi connectivity index (χ4v) is 5.31. The molecule has 2 aromatic rings. The minimum absolute atomic E-state index is 0.117. The number of carbonyl (C=O) groups excluding carboxylic acids is 3. The van der Waals surface area contributed by atoms with Crippen LogP contribution in [0.5, 0.6) is 0 Å². The molecule has 3 amide bonds. The van der Waals surface area contributed by atoms with Gasteiger partial charge in [-0.15, -0.1) is 0 Å². The van der Waals surface area contributed by atoms with Gasteiger partial charge in [-0.05, 0) is 95.9 Å². The summed E-state index contributed by atoms with van der Waals surface area (Å²) >= 11 is 6.48. The molecule has 0 saturated heterocycles. The number of alkyl carbamates (subject to hydrolysis) is 1. The van der Waals surface area contributed by atoms with Crippen molar-refractivity contribution in [1.82, 2.24) is 10.2 Å². The Hall–Kier alpha value is -3.06. The maximum absolute atomic E-state index is 14.4. The number of nitrogens with one attached hydrogen (secondary N) is 2. The van der Waals surface area contributed by atoms with Crippen molar-refractivity contribution in [2.75, 3.05) is 5.32 Å². The number of aryl methyl sites for hydroxylation is 3. The van der Waals surface area contributed by atoms with E-state index in [0.717, 1.165) is 41.5 Å². The molecule has 1 aliphatic carbocycles. The van der Waals surface area contributed by atoms with E-state index in [1.54, 1.807) is 31.7 Å². The molecule has 1 saturated carbocycles. The molecule has 218 valence electrons. The Morgan fingerprint density at radius 2 is 1.73 bits per heavy atom. The highest BCUT2D eigenvalue weighted by molar-refractivity contribution is 6.34. The van der Waals surface area contributed by atoms with E-state index in [-0.39, 0.29) is 23.8 Å². The van der Waals surface area contributed by atoms with Crippen LogP contribution in [0.3, 0.4) is 0 Å². The van der Waals surface area contributed by atoms with Crippen LogP contribution in [-0.4, -0.2) is 40.5 Å². The third-order valence-corrected chi connectivity index (χ3v) is 7.45. The van der Waals surface area contributed by atoms with Crippen molar-refractivity contribution in [2.45, 2.75) is 105 Å². The summed E-state index contributed by atoms with van der Waals surface area (Å²) in [4.78, 5) is 43.2. The minimum atomic E-state index is -0.913. The number of halogens is 1. The highest BCUT2D eigenvalue weighted by Crippen LogP contribution is 2.37. The van der Waals surface area contributed by atoms with Gasteiger partial charge in [0.2, 0.25) is 5.91 Å². The lowest BCUT2D eigenvalue weighted by atomic mass is 9.86. The van der Waals surface area contributed by atoms with Gasteiger partial charge in [0, 0.05) is 6.04 Å². The van der Waals surface area contributed by atoms with Crippen LogP contribution in [0.25, 0.3) is 0 Å². The summed E-state index contributed by atoms with van der Waals surface area (Å²) in [5.41, 5.74) is 3.36. The Bertz CT molecular complexity index is 1210. The Kier molecular flexibility index (Phi) is 10.3. The van der Waals surface area contributed by atoms with E-state index in [2.05, 4.69) is 10.6 Å². The molecule has 0 spiro atoms. The Morgan fingerprint density at radius 1 is 1.05 bits per heavy atom. The van der Waals surface area contributed by atoms with Gasteiger partial charge >= 0.3 is 6.09 Å². The predicted molar refractivity (Wildman–Crippen MR) is 161 cm³/mol. The summed E-state index contributed by atoms with van der Waals surface area (Å²) in [6.45, 7) is 15.2. The van der Waals surface area contributed by atoms with Crippen molar-refractivity contribution in [3.63, 3.8) is 0 Å². The molecule has 2 atom stereocenters. The lowest BCUT2D eigenvalue weighted by molar-refractivity contribution is -0.146. The van der Waals surface area contributed by atoms with Gasteiger partial charge in [-0.3, -0.25) is 9.59 Å². The quantitative estimate of drug-likeness (QED) is 0.332. The molecule has 0 aromatic heterocycles. The van der Waals surface area contributed by atoms with E-state index in [1.807, 2.05) is 65.0 Å². The first-order valence-corrected chi connectivity index (χ1v) is 14.5. The van der Waals surface area contributed by atoms with Crippen LogP contribution < -0.4 is 10.6 Å². The first-order chi connectivity index (χ1) is 18.7. The summed E-state index contributed by atoms with van der Waals surface area (Å²) in [5.74, 6) is -0.518. The molecule has 0 heterocycles. The number of para-hydroxylation sites is 1. The average Bonchev–Trinajstić information content (AvgIpc) is 2.78. The van der Waals surface area contributed by atoms with E-state index in [0.29, 0.717) is 17.1 Å². The summed E-state index contributed by atoms with van der Waals surface area (Å²) in [7, 11) is 0. The van der Waals surface area contributed by atoms with Gasteiger partial charge in [0.05, 0.1) is 10.7 Å². The predicted octanol–water partition coefficient (Wildman–Crippen LogP) is 7.27. The number of hydrogen-bond donors (Lipinski definition) is 2. The third kappa shape index (κ3) is 8.00. The van der Waals surface area contributed by atoms with E-state index in [1.165, 1.54) is 0 Å². The standard InChI is InChI=1S/C32H44ClN3O4/c1-19(2)17-26(34-31(39)40-32(6,7)8)30(38)36(23-12-10-13-23)28(24-16-15-20(3)18-22(24)5)29(37)35-27-21(4)11-9-14-25(27)33/h9,11,14-16,18-19,23,26,28H,10,12-13,17H2,1-8H3,(H,34,39)(H,35,37). The van der Waals surface area contributed by atoms with Gasteiger partial charge in [-0.1, -0.05) is 61.3 Å². The number of anilines is 1. The van der Waals surface area contributed by atoms with Crippen molar-refractivity contribution >= 4 is 35.2 Å². The molecule has 3 rings (SSSR count). The molecule has 1 aliphatic rings. The molecular formula is C32H44ClN3O4. The highest BCUT2D eigenvalue weighted by atomic mass is 35.5. The number of rotatable bonds is 9. The van der Waals surface area contributed by atoms with Crippen molar-refractivity contribution in [3.8, 4) is 0 Å². The summed E-state index contributed by atoms with van der Waals surface area (Å²) < 4.78 is 5.50. The highest BCUT2D eigenvalue weighted by Gasteiger charge is 2.42. The molecule has 8 heteroatoms. The van der Waals surface area contributed by atoms with Gasteiger partial charge in [-0.25, -0.2) is 4.79 Å². The first kappa shape index (κ1) is 31.5. The number of hydrogen-bond acceptors (Lipinski definition) is 4. The van der Waals surface area contributed by atoms with E-state index < -0.39 is 23.8 Å². The summed E-state index contributed by atoms with van der Waals surface area (Å²) in [6.07, 6.45) is 2.29.